The maximum Gasteiger partial charge on any atom is 0.356 e. The molecule has 5 nitrogen and oxygen atoms in total. The van der Waals surface area contributed by atoms with Crippen molar-refractivity contribution >= 4 is 5.97 Å². The average molecular weight is 272 g/mol. The number of hydrogen-bond acceptors (Lipinski definition) is 5. The largest absolute Gasteiger partial charge is 0.487 e. The number of carbonyl (C=O) groups is 1. The molecular formula is C15H16N2O3. The number of esters is 1. The van der Waals surface area contributed by atoms with Gasteiger partial charge in [-0.15, -0.1) is 0 Å². The standard InChI is InChI=1S/C15H16N2O3/c1-19-15(18)14-7-3-5-12(17-14)10-20-13-6-2-4-11(8-13)9-16/h2-8H,9-10,16H2,1H3. The van der Waals surface area contributed by atoms with Crippen LogP contribution in [-0.2, 0) is 17.9 Å². The van der Waals surface area contributed by atoms with Gasteiger partial charge in [-0.25, -0.2) is 9.78 Å². The predicted octanol–water partition coefficient (Wildman–Crippen LogP) is 1.91. The van der Waals surface area contributed by atoms with Crippen molar-refractivity contribution in [3.05, 3.63) is 59.4 Å². The molecule has 0 bridgehead atoms. The lowest BCUT2D eigenvalue weighted by Crippen LogP contribution is -2.07. The Morgan fingerprint density at radius 3 is 2.80 bits per heavy atom. The summed E-state index contributed by atoms with van der Waals surface area (Å²) < 4.78 is 10.3. The number of nitrogens with two attached hydrogens (primary N) is 1. The van der Waals surface area contributed by atoms with E-state index in [1.807, 2.05) is 24.3 Å². The van der Waals surface area contributed by atoms with Crippen molar-refractivity contribution in [3.63, 3.8) is 0 Å². The summed E-state index contributed by atoms with van der Waals surface area (Å²) in [4.78, 5) is 15.6. The first-order chi connectivity index (χ1) is 9.72. The summed E-state index contributed by atoms with van der Waals surface area (Å²) in [5, 5.41) is 0. The van der Waals surface area contributed by atoms with E-state index >= 15 is 0 Å². The molecule has 0 aliphatic carbocycles. The third kappa shape index (κ3) is 3.55. The highest BCUT2D eigenvalue weighted by molar-refractivity contribution is 5.87. The van der Waals surface area contributed by atoms with Gasteiger partial charge in [0, 0.05) is 6.54 Å². The summed E-state index contributed by atoms with van der Waals surface area (Å²) in [5.74, 6) is 0.259. The zero-order valence-corrected chi connectivity index (χ0v) is 11.2. The van der Waals surface area contributed by atoms with Gasteiger partial charge in [-0.2, -0.15) is 0 Å². The van der Waals surface area contributed by atoms with Crippen LogP contribution in [0.1, 0.15) is 21.7 Å². The third-order valence-electron chi connectivity index (χ3n) is 2.72. The SMILES string of the molecule is COC(=O)c1cccc(COc2cccc(CN)c2)n1. The van der Waals surface area contributed by atoms with Crippen molar-refractivity contribution in [3.8, 4) is 5.75 Å². The fourth-order valence-electron chi connectivity index (χ4n) is 1.70. The summed E-state index contributed by atoms with van der Waals surface area (Å²) in [5.41, 5.74) is 7.50. The van der Waals surface area contributed by atoms with Crippen LogP contribution in [0.5, 0.6) is 5.75 Å². The van der Waals surface area contributed by atoms with Gasteiger partial charge >= 0.3 is 5.97 Å². The molecule has 0 radical (unpaired) electrons. The molecular weight excluding hydrogens is 256 g/mol. The highest BCUT2D eigenvalue weighted by atomic mass is 16.5. The molecule has 1 aromatic heterocycles. The Morgan fingerprint density at radius 2 is 2.05 bits per heavy atom. The predicted molar refractivity (Wildman–Crippen MR) is 74.2 cm³/mol. The number of benzene rings is 1. The molecule has 104 valence electrons. The number of hydrogen-bond donors (Lipinski definition) is 1. The fourth-order valence-corrected chi connectivity index (χ4v) is 1.70. The number of pyridine rings is 1. The van der Waals surface area contributed by atoms with Crippen LogP contribution in [0.2, 0.25) is 0 Å². The van der Waals surface area contributed by atoms with E-state index in [1.54, 1.807) is 18.2 Å². The van der Waals surface area contributed by atoms with Gasteiger partial charge < -0.3 is 15.2 Å². The molecule has 0 saturated carbocycles. The Balaban J connectivity index is 2.05. The van der Waals surface area contributed by atoms with E-state index in [0.29, 0.717) is 12.2 Å². The van der Waals surface area contributed by atoms with Crippen LogP contribution in [0.25, 0.3) is 0 Å². The van der Waals surface area contributed by atoms with Gasteiger partial charge in [0.1, 0.15) is 18.1 Å². The number of nitrogens with zero attached hydrogens (tertiary/aromatic N) is 1. The quantitative estimate of drug-likeness (QED) is 0.841. The molecule has 0 aliphatic rings. The molecule has 0 fully saturated rings. The van der Waals surface area contributed by atoms with Gasteiger partial charge in [-0.05, 0) is 29.8 Å². The summed E-state index contributed by atoms with van der Waals surface area (Å²) in [6, 6.07) is 12.7. The summed E-state index contributed by atoms with van der Waals surface area (Å²) >= 11 is 0. The van der Waals surface area contributed by atoms with E-state index in [1.165, 1.54) is 7.11 Å². The molecule has 0 amide bonds. The lowest BCUT2D eigenvalue weighted by atomic mass is 10.2. The minimum absolute atomic E-state index is 0.268. The van der Waals surface area contributed by atoms with Crippen LogP contribution in [0.15, 0.2) is 42.5 Å². The average Bonchev–Trinajstić information content (AvgIpc) is 2.52. The summed E-state index contributed by atoms with van der Waals surface area (Å²) in [6.45, 7) is 0.742. The first-order valence-electron chi connectivity index (χ1n) is 6.19. The molecule has 0 atom stereocenters. The Hall–Kier alpha value is -2.40. The first kappa shape index (κ1) is 14.0. The van der Waals surface area contributed by atoms with Crippen molar-refractivity contribution in [1.29, 1.82) is 0 Å². The molecule has 2 N–H and O–H groups in total. The van der Waals surface area contributed by atoms with E-state index < -0.39 is 5.97 Å². The maximum absolute atomic E-state index is 11.4. The van der Waals surface area contributed by atoms with Crippen LogP contribution in [0, 0.1) is 0 Å². The van der Waals surface area contributed by atoms with Gasteiger partial charge in [0.25, 0.3) is 0 Å². The van der Waals surface area contributed by atoms with Gasteiger partial charge in [-0.3, -0.25) is 0 Å². The molecule has 5 heteroatoms. The van der Waals surface area contributed by atoms with Crippen molar-refractivity contribution in [2.75, 3.05) is 7.11 Å². The molecule has 0 spiro atoms. The second kappa shape index (κ2) is 6.68. The molecule has 2 aromatic rings. The van der Waals surface area contributed by atoms with Gasteiger partial charge in [0.15, 0.2) is 0 Å². The van der Waals surface area contributed by atoms with E-state index in [-0.39, 0.29) is 12.3 Å². The fraction of sp³-hybridized carbons (Fsp3) is 0.200. The Bertz CT molecular complexity index is 599. The second-order valence-corrected chi connectivity index (χ2v) is 4.15. The highest BCUT2D eigenvalue weighted by Gasteiger charge is 2.07. The molecule has 0 saturated heterocycles. The first-order valence-corrected chi connectivity index (χ1v) is 6.19. The lowest BCUT2D eigenvalue weighted by molar-refractivity contribution is 0.0593. The number of carbonyl (C=O) groups excluding carboxylic acids is 1. The Morgan fingerprint density at radius 1 is 1.25 bits per heavy atom. The molecule has 0 aliphatic heterocycles. The van der Waals surface area contributed by atoms with Crippen LogP contribution >= 0.6 is 0 Å². The lowest BCUT2D eigenvalue weighted by Gasteiger charge is -2.07. The summed E-state index contributed by atoms with van der Waals surface area (Å²) in [6.07, 6.45) is 0. The summed E-state index contributed by atoms with van der Waals surface area (Å²) in [7, 11) is 1.32. The number of rotatable bonds is 5. The maximum atomic E-state index is 11.4. The minimum atomic E-state index is -0.461. The topological polar surface area (TPSA) is 74.4 Å². The third-order valence-corrected chi connectivity index (χ3v) is 2.72. The van der Waals surface area contributed by atoms with Gasteiger partial charge in [-0.1, -0.05) is 18.2 Å². The van der Waals surface area contributed by atoms with Crippen molar-refractivity contribution in [2.45, 2.75) is 13.2 Å². The highest BCUT2D eigenvalue weighted by Crippen LogP contribution is 2.14. The smallest absolute Gasteiger partial charge is 0.356 e. The van der Waals surface area contributed by atoms with Crippen LogP contribution in [-0.4, -0.2) is 18.1 Å². The van der Waals surface area contributed by atoms with Crippen LogP contribution < -0.4 is 10.5 Å². The normalized spacial score (nSPS) is 10.1. The van der Waals surface area contributed by atoms with Gasteiger partial charge in [0.05, 0.1) is 12.8 Å². The molecule has 1 heterocycles. The zero-order chi connectivity index (χ0) is 14.4. The second-order valence-electron chi connectivity index (χ2n) is 4.15. The minimum Gasteiger partial charge on any atom is -0.487 e. The van der Waals surface area contributed by atoms with E-state index in [0.717, 1.165) is 11.3 Å². The van der Waals surface area contributed by atoms with Crippen LogP contribution in [0.4, 0.5) is 0 Å². The molecule has 0 unspecified atom stereocenters. The Labute approximate surface area is 117 Å². The van der Waals surface area contributed by atoms with Crippen molar-refractivity contribution < 1.29 is 14.3 Å². The van der Waals surface area contributed by atoms with E-state index in [9.17, 15) is 4.79 Å². The van der Waals surface area contributed by atoms with Crippen molar-refractivity contribution in [2.24, 2.45) is 5.73 Å². The molecule has 2 rings (SSSR count). The molecule has 1 aromatic carbocycles. The van der Waals surface area contributed by atoms with Crippen LogP contribution in [0.3, 0.4) is 0 Å². The number of methoxy groups -OCH3 is 1. The van der Waals surface area contributed by atoms with Gasteiger partial charge in [0.2, 0.25) is 0 Å². The number of ether oxygens (including phenoxy) is 2. The van der Waals surface area contributed by atoms with E-state index in [2.05, 4.69) is 9.72 Å². The van der Waals surface area contributed by atoms with Crippen molar-refractivity contribution in [1.82, 2.24) is 4.98 Å². The monoisotopic (exact) mass is 272 g/mol. The zero-order valence-electron chi connectivity index (χ0n) is 11.2. The van der Waals surface area contributed by atoms with E-state index in [4.69, 9.17) is 10.5 Å². The Kier molecular flexibility index (Phi) is 4.68. The number of aromatic nitrogens is 1. The molecule has 20 heavy (non-hydrogen) atoms.